The number of methoxy groups -OCH3 is 1. The van der Waals surface area contributed by atoms with Crippen molar-refractivity contribution in [1.29, 1.82) is 0 Å². The van der Waals surface area contributed by atoms with Crippen molar-refractivity contribution >= 4 is 24.8 Å². The zero-order chi connectivity index (χ0) is 15.2. The second-order valence-electron chi connectivity index (χ2n) is 6.20. The molecule has 4 nitrogen and oxygen atoms in total. The maximum absolute atomic E-state index is 9.68. The number of piperazine rings is 1. The van der Waals surface area contributed by atoms with Gasteiger partial charge in [0.2, 0.25) is 0 Å². The Morgan fingerprint density at radius 2 is 1.83 bits per heavy atom. The molecule has 0 aliphatic carbocycles. The molecular formula is C17H30Cl2N2O2. The Balaban J connectivity index is 0.00000242. The summed E-state index contributed by atoms with van der Waals surface area (Å²) in [6.45, 7) is 8.74. The molecular weight excluding hydrogens is 335 g/mol. The highest BCUT2D eigenvalue weighted by Crippen LogP contribution is 2.35. The van der Waals surface area contributed by atoms with Gasteiger partial charge in [0.15, 0.2) is 0 Å². The molecule has 1 saturated heterocycles. The van der Waals surface area contributed by atoms with Crippen LogP contribution < -0.4 is 10.1 Å². The topological polar surface area (TPSA) is 44.7 Å². The van der Waals surface area contributed by atoms with Crippen LogP contribution in [-0.2, 0) is 0 Å². The molecule has 23 heavy (non-hydrogen) atoms. The van der Waals surface area contributed by atoms with Crippen molar-refractivity contribution in [2.45, 2.75) is 32.7 Å². The van der Waals surface area contributed by atoms with Gasteiger partial charge in [0.05, 0.1) is 7.11 Å². The van der Waals surface area contributed by atoms with Crippen molar-refractivity contribution in [3.8, 4) is 11.5 Å². The molecule has 1 aromatic carbocycles. The summed E-state index contributed by atoms with van der Waals surface area (Å²) in [5, 5.41) is 13.1. The van der Waals surface area contributed by atoms with Crippen molar-refractivity contribution < 1.29 is 9.84 Å². The van der Waals surface area contributed by atoms with Gasteiger partial charge in [-0.2, -0.15) is 0 Å². The third kappa shape index (κ3) is 6.38. The molecule has 0 spiro atoms. The minimum Gasteiger partial charge on any atom is -0.508 e. The zero-order valence-corrected chi connectivity index (χ0v) is 15.9. The fourth-order valence-corrected chi connectivity index (χ4v) is 2.99. The Kier molecular flexibility index (Phi) is 10.7. The van der Waals surface area contributed by atoms with Crippen LogP contribution in [0.2, 0.25) is 0 Å². The molecule has 6 heteroatoms. The van der Waals surface area contributed by atoms with Crippen molar-refractivity contribution in [2.75, 3.05) is 33.3 Å². The lowest BCUT2D eigenvalue weighted by molar-refractivity contribution is 0.157. The fourth-order valence-electron chi connectivity index (χ4n) is 2.99. The van der Waals surface area contributed by atoms with Gasteiger partial charge in [-0.1, -0.05) is 19.9 Å². The predicted octanol–water partition coefficient (Wildman–Crippen LogP) is 3.63. The van der Waals surface area contributed by atoms with Crippen LogP contribution in [0.4, 0.5) is 0 Å². The standard InChI is InChI=1S/C17H28N2O2.2ClH/c1-13(2)4-7-16(19-10-8-18-9-11-19)15-6-5-14(20)12-17(15)21-3;;/h5-6,12-13,16,18,20H,4,7-11H2,1-3H3;2*1H/t16-;;/m0../s1. The van der Waals surface area contributed by atoms with Crippen molar-refractivity contribution in [2.24, 2.45) is 5.92 Å². The molecule has 1 atom stereocenters. The van der Waals surface area contributed by atoms with Crippen LogP contribution in [0.5, 0.6) is 11.5 Å². The van der Waals surface area contributed by atoms with Crippen LogP contribution in [0, 0.1) is 5.92 Å². The highest BCUT2D eigenvalue weighted by molar-refractivity contribution is 5.85. The van der Waals surface area contributed by atoms with Gasteiger partial charge in [0.25, 0.3) is 0 Å². The van der Waals surface area contributed by atoms with Crippen LogP contribution in [0.1, 0.15) is 38.3 Å². The van der Waals surface area contributed by atoms with Gasteiger partial charge in [-0.25, -0.2) is 0 Å². The minimum atomic E-state index is 0. The number of nitrogens with one attached hydrogen (secondary N) is 1. The Labute approximate surface area is 152 Å². The van der Waals surface area contributed by atoms with Gasteiger partial charge in [-0.15, -0.1) is 24.8 Å². The zero-order valence-electron chi connectivity index (χ0n) is 14.2. The van der Waals surface area contributed by atoms with E-state index in [1.807, 2.05) is 6.07 Å². The second kappa shape index (κ2) is 11.0. The highest BCUT2D eigenvalue weighted by atomic mass is 35.5. The summed E-state index contributed by atoms with van der Waals surface area (Å²) in [6, 6.07) is 5.87. The van der Waals surface area contributed by atoms with E-state index in [1.54, 1.807) is 19.2 Å². The first-order chi connectivity index (χ1) is 10.1. The molecule has 0 unspecified atom stereocenters. The maximum atomic E-state index is 9.68. The van der Waals surface area contributed by atoms with Gasteiger partial charge < -0.3 is 15.2 Å². The van der Waals surface area contributed by atoms with Crippen LogP contribution >= 0.6 is 24.8 Å². The van der Waals surface area contributed by atoms with E-state index in [4.69, 9.17) is 4.74 Å². The molecule has 2 rings (SSSR count). The highest BCUT2D eigenvalue weighted by Gasteiger charge is 2.25. The van der Waals surface area contributed by atoms with Crippen LogP contribution in [0.15, 0.2) is 18.2 Å². The molecule has 2 N–H and O–H groups in total. The van der Waals surface area contributed by atoms with E-state index in [-0.39, 0.29) is 30.6 Å². The summed E-state index contributed by atoms with van der Waals surface area (Å²) < 4.78 is 5.50. The van der Waals surface area contributed by atoms with Gasteiger partial charge in [-0.3, -0.25) is 4.90 Å². The van der Waals surface area contributed by atoms with Gasteiger partial charge in [-0.05, 0) is 24.8 Å². The number of aromatic hydroxyl groups is 1. The fraction of sp³-hybridized carbons (Fsp3) is 0.647. The van der Waals surface area contributed by atoms with E-state index < -0.39 is 0 Å². The summed E-state index contributed by atoms with van der Waals surface area (Å²) in [5.41, 5.74) is 1.19. The number of benzene rings is 1. The van der Waals surface area contributed by atoms with Gasteiger partial charge >= 0.3 is 0 Å². The Morgan fingerprint density at radius 1 is 1.17 bits per heavy atom. The average molecular weight is 365 g/mol. The van der Waals surface area contributed by atoms with E-state index in [0.29, 0.717) is 12.0 Å². The quantitative estimate of drug-likeness (QED) is 0.808. The number of rotatable bonds is 6. The van der Waals surface area contributed by atoms with Gasteiger partial charge in [0.1, 0.15) is 11.5 Å². The van der Waals surface area contributed by atoms with Crippen molar-refractivity contribution in [3.05, 3.63) is 23.8 Å². The molecule has 0 radical (unpaired) electrons. The molecule has 0 aromatic heterocycles. The largest absolute Gasteiger partial charge is 0.508 e. The Hall–Kier alpha value is -0.680. The maximum Gasteiger partial charge on any atom is 0.127 e. The molecule has 134 valence electrons. The van der Waals surface area contributed by atoms with Crippen molar-refractivity contribution in [3.63, 3.8) is 0 Å². The summed E-state index contributed by atoms with van der Waals surface area (Å²) in [4.78, 5) is 2.54. The molecule has 1 heterocycles. The normalized spacial score (nSPS) is 16.3. The van der Waals surface area contributed by atoms with E-state index in [0.717, 1.165) is 38.3 Å². The Bertz CT molecular complexity index is 452. The molecule has 1 aromatic rings. The molecule has 0 amide bonds. The van der Waals surface area contributed by atoms with E-state index in [2.05, 4.69) is 24.1 Å². The number of nitrogens with zero attached hydrogens (tertiary/aromatic N) is 1. The molecule has 0 bridgehead atoms. The first kappa shape index (κ1) is 22.3. The molecule has 1 fully saturated rings. The summed E-state index contributed by atoms with van der Waals surface area (Å²) in [6.07, 6.45) is 2.32. The third-order valence-electron chi connectivity index (χ3n) is 4.19. The van der Waals surface area contributed by atoms with Crippen LogP contribution in [0.25, 0.3) is 0 Å². The number of phenols is 1. The van der Waals surface area contributed by atoms with E-state index in [9.17, 15) is 5.11 Å². The molecule has 1 aliphatic heterocycles. The molecule has 1 aliphatic rings. The lowest BCUT2D eigenvalue weighted by Crippen LogP contribution is -2.45. The summed E-state index contributed by atoms with van der Waals surface area (Å²) in [7, 11) is 1.68. The minimum absolute atomic E-state index is 0. The summed E-state index contributed by atoms with van der Waals surface area (Å²) in [5.74, 6) is 1.75. The summed E-state index contributed by atoms with van der Waals surface area (Å²) >= 11 is 0. The number of hydrogen-bond donors (Lipinski definition) is 2. The van der Waals surface area contributed by atoms with Crippen molar-refractivity contribution in [1.82, 2.24) is 10.2 Å². The third-order valence-corrected chi connectivity index (χ3v) is 4.19. The lowest BCUT2D eigenvalue weighted by Gasteiger charge is -2.36. The van der Waals surface area contributed by atoms with E-state index >= 15 is 0 Å². The van der Waals surface area contributed by atoms with Crippen LogP contribution in [-0.4, -0.2) is 43.3 Å². The van der Waals surface area contributed by atoms with Crippen LogP contribution in [0.3, 0.4) is 0 Å². The SMILES string of the molecule is COc1cc(O)ccc1[C@H](CCC(C)C)N1CCNCC1.Cl.Cl. The lowest BCUT2D eigenvalue weighted by atomic mass is 9.95. The number of hydrogen-bond acceptors (Lipinski definition) is 4. The number of phenolic OH excluding ortho intramolecular Hbond substituents is 1. The number of halogens is 2. The monoisotopic (exact) mass is 364 g/mol. The first-order valence-electron chi connectivity index (χ1n) is 7.93. The first-order valence-corrected chi connectivity index (χ1v) is 7.93. The second-order valence-corrected chi connectivity index (χ2v) is 6.20. The number of ether oxygens (including phenoxy) is 1. The average Bonchev–Trinajstić information content (AvgIpc) is 2.49. The Morgan fingerprint density at radius 3 is 2.39 bits per heavy atom. The smallest absolute Gasteiger partial charge is 0.127 e. The van der Waals surface area contributed by atoms with E-state index in [1.165, 1.54) is 12.0 Å². The predicted molar refractivity (Wildman–Crippen MR) is 100 cm³/mol. The molecule has 0 saturated carbocycles. The van der Waals surface area contributed by atoms with Gasteiger partial charge in [0, 0.05) is 43.9 Å².